The molecule has 2 aromatic carbocycles. The highest BCUT2D eigenvalue weighted by Crippen LogP contribution is 2.30. The number of halogens is 1. The third kappa shape index (κ3) is 2.08. The zero-order valence-electron chi connectivity index (χ0n) is 7.94. The Morgan fingerprint density at radius 3 is 2.27 bits per heavy atom. The van der Waals surface area contributed by atoms with Crippen LogP contribution in [0.5, 0.6) is 0 Å². The highest BCUT2D eigenvalue weighted by atomic mass is 79.9. The lowest BCUT2D eigenvalue weighted by Crippen LogP contribution is -1.77. The van der Waals surface area contributed by atoms with Crippen molar-refractivity contribution in [1.29, 1.82) is 0 Å². The first-order valence-corrected chi connectivity index (χ1v) is 5.33. The summed E-state index contributed by atoms with van der Waals surface area (Å²) in [6, 6.07) is 15.6. The summed E-state index contributed by atoms with van der Waals surface area (Å²) in [5, 5.41) is 0. The van der Waals surface area contributed by atoms with E-state index < -0.39 is 0 Å². The fraction of sp³-hybridized carbons (Fsp3) is 0. The second-order valence-electron chi connectivity index (χ2n) is 3.14. The summed E-state index contributed by atoms with van der Waals surface area (Å²) in [4.78, 5) is 3.51. The maximum absolute atomic E-state index is 7.09. The zero-order chi connectivity index (χ0) is 10.7. The highest BCUT2D eigenvalue weighted by Gasteiger charge is 2.02. The number of hydrogen-bond acceptors (Lipinski definition) is 0. The molecule has 0 heterocycles. The molecule has 2 rings (SSSR count). The van der Waals surface area contributed by atoms with Gasteiger partial charge in [-0.05, 0) is 23.3 Å². The number of nitrogens with zero attached hydrogens (tertiary/aromatic N) is 1. The molecule has 0 spiro atoms. The molecule has 0 aliphatic heterocycles. The van der Waals surface area contributed by atoms with Gasteiger partial charge in [-0.15, -0.1) is 0 Å². The number of para-hydroxylation sites is 1. The Morgan fingerprint density at radius 2 is 1.60 bits per heavy atom. The fourth-order valence-electron chi connectivity index (χ4n) is 1.44. The molecule has 15 heavy (non-hydrogen) atoms. The maximum Gasteiger partial charge on any atom is 0.194 e. The minimum atomic E-state index is 0.694. The van der Waals surface area contributed by atoms with E-state index in [0.717, 1.165) is 15.6 Å². The lowest BCUT2D eigenvalue weighted by atomic mass is 10.0. The van der Waals surface area contributed by atoms with E-state index in [1.165, 1.54) is 0 Å². The predicted octanol–water partition coefficient (Wildman–Crippen LogP) is 4.67. The van der Waals surface area contributed by atoms with Crippen LogP contribution in [0.4, 0.5) is 5.69 Å². The summed E-state index contributed by atoms with van der Waals surface area (Å²) in [5.74, 6) is 0. The molecule has 0 saturated carbocycles. The van der Waals surface area contributed by atoms with Crippen molar-refractivity contribution in [1.82, 2.24) is 0 Å². The van der Waals surface area contributed by atoms with Gasteiger partial charge < -0.3 is 0 Å². The summed E-state index contributed by atoms with van der Waals surface area (Å²) in [6.07, 6.45) is 0. The summed E-state index contributed by atoms with van der Waals surface area (Å²) >= 11 is 3.39. The van der Waals surface area contributed by atoms with Crippen molar-refractivity contribution in [2.75, 3.05) is 0 Å². The van der Waals surface area contributed by atoms with E-state index in [0.29, 0.717) is 5.69 Å². The van der Waals surface area contributed by atoms with Crippen molar-refractivity contribution in [3.63, 3.8) is 0 Å². The molecule has 1 nitrogen and oxygen atoms in total. The topological polar surface area (TPSA) is 4.36 Å². The van der Waals surface area contributed by atoms with E-state index in [2.05, 4.69) is 20.8 Å². The van der Waals surface area contributed by atoms with Crippen LogP contribution in [0.25, 0.3) is 16.0 Å². The first kappa shape index (κ1) is 9.95. The van der Waals surface area contributed by atoms with Gasteiger partial charge in [0.2, 0.25) is 0 Å². The predicted molar refractivity (Wildman–Crippen MR) is 65.8 cm³/mol. The lowest BCUT2D eigenvalue weighted by molar-refractivity contribution is 1.60. The Balaban J connectivity index is 2.55. The van der Waals surface area contributed by atoms with Crippen LogP contribution >= 0.6 is 15.9 Å². The average molecular weight is 258 g/mol. The molecule has 0 bridgehead atoms. The van der Waals surface area contributed by atoms with Crippen molar-refractivity contribution < 1.29 is 0 Å². The molecule has 0 aromatic heterocycles. The Bertz CT molecular complexity index is 509. The number of hydrogen-bond donors (Lipinski definition) is 0. The van der Waals surface area contributed by atoms with Crippen molar-refractivity contribution in [3.05, 3.63) is 64.4 Å². The molecule has 0 N–H and O–H groups in total. The normalized spacial score (nSPS) is 9.60. The van der Waals surface area contributed by atoms with E-state index in [1.54, 1.807) is 0 Å². The maximum atomic E-state index is 7.09. The van der Waals surface area contributed by atoms with Gasteiger partial charge in [-0.3, -0.25) is 0 Å². The molecule has 0 fully saturated rings. The monoisotopic (exact) mass is 257 g/mol. The van der Waals surface area contributed by atoms with Crippen LogP contribution in [-0.4, -0.2) is 0 Å². The summed E-state index contributed by atoms with van der Waals surface area (Å²) < 4.78 is 1.05. The molecule has 0 aliphatic carbocycles. The fourth-order valence-corrected chi connectivity index (χ4v) is 1.71. The molecule has 0 aliphatic rings. The van der Waals surface area contributed by atoms with Gasteiger partial charge in [-0.25, -0.2) is 4.85 Å². The molecule has 72 valence electrons. The molecule has 0 atom stereocenters. The van der Waals surface area contributed by atoms with Crippen molar-refractivity contribution in [3.8, 4) is 11.1 Å². The Morgan fingerprint density at radius 1 is 0.933 bits per heavy atom. The second kappa shape index (κ2) is 4.29. The van der Waals surface area contributed by atoms with Crippen LogP contribution in [0.1, 0.15) is 0 Å². The van der Waals surface area contributed by atoms with Crippen LogP contribution in [0.15, 0.2) is 53.0 Å². The molecule has 2 heteroatoms. The van der Waals surface area contributed by atoms with Crippen LogP contribution in [-0.2, 0) is 0 Å². The minimum absolute atomic E-state index is 0.694. The van der Waals surface area contributed by atoms with E-state index in [1.807, 2.05) is 48.5 Å². The van der Waals surface area contributed by atoms with E-state index in [4.69, 9.17) is 6.57 Å². The first-order chi connectivity index (χ1) is 7.31. The van der Waals surface area contributed by atoms with Gasteiger partial charge in [0.25, 0.3) is 0 Å². The van der Waals surface area contributed by atoms with Crippen molar-refractivity contribution in [2.45, 2.75) is 0 Å². The third-order valence-electron chi connectivity index (χ3n) is 2.18. The van der Waals surface area contributed by atoms with Gasteiger partial charge >= 0.3 is 0 Å². The van der Waals surface area contributed by atoms with Gasteiger partial charge in [0.15, 0.2) is 5.69 Å². The van der Waals surface area contributed by atoms with E-state index >= 15 is 0 Å². The first-order valence-electron chi connectivity index (χ1n) is 4.53. The molecule has 0 unspecified atom stereocenters. The number of benzene rings is 2. The summed E-state index contributed by atoms with van der Waals surface area (Å²) in [6.45, 7) is 7.09. The van der Waals surface area contributed by atoms with Crippen LogP contribution in [0.2, 0.25) is 0 Å². The Hall–Kier alpha value is -1.59. The largest absolute Gasteiger partial charge is 0.238 e. The van der Waals surface area contributed by atoms with Crippen molar-refractivity contribution in [2.24, 2.45) is 0 Å². The van der Waals surface area contributed by atoms with E-state index in [9.17, 15) is 0 Å². The van der Waals surface area contributed by atoms with Gasteiger partial charge in [-0.1, -0.05) is 52.3 Å². The van der Waals surface area contributed by atoms with Crippen LogP contribution in [0.3, 0.4) is 0 Å². The number of rotatable bonds is 1. The smallest absolute Gasteiger partial charge is 0.194 e. The molecule has 0 radical (unpaired) electrons. The Labute approximate surface area is 97.3 Å². The zero-order valence-corrected chi connectivity index (χ0v) is 9.53. The van der Waals surface area contributed by atoms with Gasteiger partial charge in [0, 0.05) is 4.47 Å². The highest BCUT2D eigenvalue weighted by molar-refractivity contribution is 9.10. The third-order valence-corrected chi connectivity index (χ3v) is 2.71. The van der Waals surface area contributed by atoms with Gasteiger partial charge in [-0.2, -0.15) is 0 Å². The van der Waals surface area contributed by atoms with Gasteiger partial charge in [0.05, 0.1) is 6.57 Å². The minimum Gasteiger partial charge on any atom is -0.238 e. The molecule has 2 aromatic rings. The SMILES string of the molecule is [C-]#[N+]c1ccccc1-c1ccc(Br)cc1. The van der Waals surface area contributed by atoms with Crippen LogP contribution < -0.4 is 0 Å². The summed E-state index contributed by atoms with van der Waals surface area (Å²) in [7, 11) is 0. The Kier molecular flexibility index (Phi) is 2.84. The molecule has 0 amide bonds. The molecule has 0 saturated heterocycles. The average Bonchev–Trinajstić information content (AvgIpc) is 2.30. The van der Waals surface area contributed by atoms with Crippen LogP contribution in [0, 0.1) is 6.57 Å². The van der Waals surface area contributed by atoms with E-state index in [-0.39, 0.29) is 0 Å². The summed E-state index contributed by atoms with van der Waals surface area (Å²) in [5.41, 5.74) is 2.75. The second-order valence-corrected chi connectivity index (χ2v) is 4.05. The van der Waals surface area contributed by atoms with Gasteiger partial charge in [0.1, 0.15) is 0 Å². The lowest BCUT2D eigenvalue weighted by Gasteiger charge is -2.03. The van der Waals surface area contributed by atoms with Crippen molar-refractivity contribution >= 4 is 21.6 Å². The standard InChI is InChI=1S/C13H8BrN/c1-15-13-5-3-2-4-12(13)10-6-8-11(14)9-7-10/h2-9H. The quantitative estimate of drug-likeness (QED) is 0.655. The molecular formula is C13H8BrN. The molecular weight excluding hydrogens is 250 g/mol.